The number of nitro benzene ring substituents is 1. The van der Waals surface area contributed by atoms with E-state index in [4.69, 9.17) is 4.74 Å². The van der Waals surface area contributed by atoms with Gasteiger partial charge in [0.25, 0.3) is 5.69 Å². The fourth-order valence-corrected chi connectivity index (χ4v) is 2.70. The number of rotatable bonds is 5. The number of nitro groups is 1. The van der Waals surface area contributed by atoms with E-state index in [9.17, 15) is 14.9 Å². The smallest absolute Gasteiger partial charge is 0.319 e. The first kappa shape index (κ1) is 16.1. The number of ether oxygens (including phenoxy) is 1. The standard InChI is InChI=1S/C15H21N3O4/c1-22-14-8-7-12(18(20)21)9-13(14)17-15(19)16-10-11-5-3-2-4-6-11/h7-9,11H,2-6,10H2,1H3,(H2,16,17,19). The molecule has 0 spiro atoms. The third kappa shape index (κ3) is 4.34. The minimum atomic E-state index is -0.509. The lowest BCUT2D eigenvalue weighted by Gasteiger charge is -2.21. The van der Waals surface area contributed by atoms with Gasteiger partial charge in [-0.3, -0.25) is 10.1 Å². The molecule has 7 nitrogen and oxygen atoms in total. The molecule has 0 atom stereocenters. The molecule has 22 heavy (non-hydrogen) atoms. The van der Waals surface area contributed by atoms with E-state index in [1.54, 1.807) is 0 Å². The zero-order valence-corrected chi connectivity index (χ0v) is 12.6. The fraction of sp³-hybridized carbons (Fsp3) is 0.533. The third-order valence-corrected chi connectivity index (χ3v) is 3.92. The van der Waals surface area contributed by atoms with Crippen molar-refractivity contribution >= 4 is 17.4 Å². The van der Waals surface area contributed by atoms with Gasteiger partial charge >= 0.3 is 6.03 Å². The second kappa shape index (κ2) is 7.63. The molecular weight excluding hydrogens is 286 g/mol. The molecule has 120 valence electrons. The van der Waals surface area contributed by atoms with Gasteiger partial charge in [-0.1, -0.05) is 19.3 Å². The third-order valence-electron chi connectivity index (χ3n) is 3.92. The zero-order valence-electron chi connectivity index (χ0n) is 12.6. The second-order valence-corrected chi connectivity index (χ2v) is 5.48. The highest BCUT2D eigenvalue weighted by Crippen LogP contribution is 2.29. The van der Waals surface area contributed by atoms with Gasteiger partial charge in [0.05, 0.1) is 17.7 Å². The summed E-state index contributed by atoms with van der Waals surface area (Å²) in [5.74, 6) is 0.907. The predicted octanol–water partition coefficient (Wildman–Crippen LogP) is 3.31. The van der Waals surface area contributed by atoms with Gasteiger partial charge in [-0.05, 0) is 24.8 Å². The Morgan fingerprint density at radius 1 is 1.36 bits per heavy atom. The van der Waals surface area contributed by atoms with Crippen molar-refractivity contribution < 1.29 is 14.5 Å². The van der Waals surface area contributed by atoms with Gasteiger partial charge in [0.15, 0.2) is 0 Å². The monoisotopic (exact) mass is 307 g/mol. The van der Waals surface area contributed by atoms with Crippen molar-refractivity contribution in [1.29, 1.82) is 0 Å². The fourth-order valence-electron chi connectivity index (χ4n) is 2.70. The summed E-state index contributed by atoms with van der Waals surface area (Å²) < 4.78 is 5.11. The minimum absolute atomic E-state index is 0.0941. The number of carbonyl (C=O) groups is 1. The Labute approximate surface area is 129 Å². The number of nitrogens with one attached hydrogen (secondary N) is 2. The number of hydrogen-bond donors (Lipinski definition) is 2. The first-order valence-corrected chi connectivity index (χ1v) is 7.47. The van der Waals surface area contributed by atoms with Crippen molar-refractivity contribution in [2.24, 2.45) is 5.92 Å². The molecule has 1 aromatic carbocycles. The Balaban J connectivity index is 1.94. The topological polar surface area (TPSA) is 93.5 Å². The molecule has 0 bridgehead atoms. The summed E-state index contributed by atoms with van der Waals surface area (Å²) in [4.78, 5) is 22.3. The van der Waals surface area contributed by atoms with Gasteiger partial charge in [-0.2, -0.15) is 0 Å². The number of nitrogens with zero attached hydrogens (tertiary/aromatic N) is 1. The summed E-state index contributed by atoms with van der Waals surface area (Å²) in [7, 11) is 1.45. The van der Waals surface area contributed by atoms with Crippen molar-refractivity contribution in [1.82, 2.24) is 5.32 Å². The first-order valence-electron chi connectivity index (χ1n) is 7.47. The molecule has 0 aromatic heterocycles. The van der Waals surface area contributed by atoms with Gasteiger partial charge in [0, 0.05) is 18.7 Å². The van der Waals surface area contributed by atoms with Crippen molar-refractivity contribution in [3.63, 3.8) is 0 Å². The molecule has 1 fully saturated rings. The summed E-state index contributed by atoms with van der Waals surface area (Å²) >= 11 is 0. The molecule has 2 rings (SSSR count). The molecule has 2 N–H and O–H groups in total. The van der Waals surface area contributed by atoms with Crippen molar-refractivity contribution in [3.05, 3.63) is 28.3 Å². The van der Waals surface area contributed by atoms with Crippen LogP contribution in [0.15, 0.2) is 18.2 Å². The summed E-state index contributed by atoms with van der Waals surface area (Å²) in [6, 6.07) is 3.72. The predicted molar refractivity (Wildman–Crippen MR) is 83.2 cm³/mol. The van der Waals surface area contributed by atoms with E-state index < -0.39 is 4.92 Å². The molecule has 0 unspecified atom stereocenters. The van der Waals surface area contributed by atoms with Gasteiger partial charge in [0.1, 0.15) is 5.75 Å². The summed E-state index contributed by atoms with van der Waals surface area (Å²) in [5.41, 5.74) is 0.196. The van der Waals surface area contributed by atoms with E-state index in [-0.39, 0.29) is 17.4 Å². The number of non-ortho nitro benzene ring substituents is 1. The highest BCUT2D eigenvalue weighted by atomic mass is 16.6. The molecule has 1 saturated carbocycles. The molecule has 1 aliphatic rings. The molecule has 0 saturated heterocycles. The Morgan fingerprint density at radius 3 is 2.73 bits per heavy atom. The molecule has 1 aromatic rings. The minimum Gasteiger partial charge on any atom is -0.495 e. The van der Waals surface area contributed by atoms with Crippen molar-refractivity contribution in [2.75, 3.05) is 19.0 Å². The number of amides is 2. The Bertz CT molecular complexity index is 542. The maximum absolute atomic E-state index is 12.0. The van der Waals surface area contributed by atoms with E-state index in [0.717, 1.165) is 12.8 Å². The van der Waals surface area contributed by atoms with Crippen LogP contribution >= 0.6 is 0 Å². The average molecular weight is 307 g/mol. The summed E-state index contributed by atoms with van der Waals surface area (Å²) in [6.07, 6.45) is 5.98. The normalized spacial score (nSPS) is 15.1. The highest BCUT2D eigenvalue weighted by molar-refractivity contribution is 5.91. The Kier molecular flexibility index (Phi) is 5.57. The van der Waals surface area contributed by atoms with E-state index >= 15 is 0 Å². The first-order chi connectivity index (χ1) is 10.6. The number of urea groups is 1. The van der Waals surface area contributed by atoms with Crippen LogP contribution in [0.4, 0.5) is 16.2 Å². The number of anilines is 1. The van der Waals surface area contributed by atoms with Crippen LogP contribution in [0.2, 0.25) is 0 Å². The van der Waals surface area contributed by atoms with Crippen LogP contribution in [0.3, 0.4) is 0 Å². The average Bonchev–Trinajstić information content (AvgIpc) is 2.53. The number of benzene rings is 1. The van der Waals surface area contributed by atoms with Gasteiger partial charge in [0.2, 0.25) is 0 Å². The van der Waals surface area contributed by atoms with E-state index in [2.05, 4.69) is 10.6 Å². The molecule has 2 amide bonds. The van der Waals surface area contributed by atoms with Gasteiger partial charge < -0.3 is 15.4 Å². The lowest BCUT2D eigenvalue weighted by molar-refractivity contribution is -0.384. The Morgan fingerprint density at radius 2 is 2.09 bits per heavy atom. The van der Waals surface area contributed by atoms with Gasteiger partial charge in [-0.25, -0.2) is 4.79 Å². The molecule has 7 heteroatoms. The van der Waals surface area contributed by atoms with Gasteiger partial charge in [-0.15, -0.1) is 0 Å². The molecular formula is C15H21N3O4. The van der Waals surface area contributed by atoms with Crippen LogP contribution in [0.1, 0.15) is 32.1 Å². The zero-order chi connectivity index (χ0) is 15.9. The lowest BCUT2D eigenvalue weighted by atomic mass is 9.89. The van der Waals surface area contributed by atoms with Crippen LogP contribution in [-0.4, -0.2) is 24.6 Å². The van der Waals surface area contributed by atoms with Crippen molar-refractivity contribution in [3.8, 4) is 5.75 Å². The lowest BCUT2D eigenvalue weighted by Crippen LogP contribution is -2.33. The number of carbonyl (C=O) groups excluding carboxylic acids is 1. The SMILES string of the molecule is COc1ccc([N+](=O)[O-])cc1NC(=O)NCC1CCCCC1. The quantitative estimate of drug-likeness (QED) is 0.644. The van der Waals surface area contributed by atoms with E-state index in [0.29, 0.717) is 18.2 Å². The molecule has 1 aliphatic carbocycles. The van der Waals surface area contributed by atoms with E-state index in [1.165, 1.54) is 44.6 Å². The molecule has 0 radical (unpaired) electrons. The van der Waals surface area contributed by atoms with Crippen LogP contribution in [0, 0.1) is 16.0 Å². The Hall–Kier alpha value is -2.31. The largest absolute Gasteiger partial charge is 0.495 e. The van der Waals surface area contributed by atoms with Crippen LogP contribution in [0.5, 0.6) is 5.75 Å². The molecule has 0 aliphatic heterocycles. The highest BCUT2D eigenvalue weighted by Gasteiger charge is 2.16. The number of hydrogen-bond acceptors (Lipinski definition) is 4. The van der Waals surface area contributed by atoms with Crippen molar-refractivity contribution in [2.45, 2.75) is 32.1 Å². The second-order valence-electron chi connectivity index (χ2n) is 5.48. The van der Waals surface area contributed by atoms with Crippen LogP contribution < -0.4 is 15.4 Å². The van der Waals surface area contributed by atoms with Crippen LogP contribution in [-0.2, 0) is 0 Å². The maximum atomic E-state index is 12.0. The van der Waals surface area contributed by atoms with Crippen LogP contribution in [0.25, 0.3) is 0 Å². The number of methoxy groups -OCH3 is 1. The van der Waals surface area contributed by atoms with E-state index in [1.807, 2.05) is 0 Å². The summed E-state index contributed by atoms with van der Waals surface area (Å²) in [5, 5.41) is 16.2. The molecule has 0 heterocycles. The maximum Gasteiger partial charge on any atom is 0.319 e. The summed E-state index contributed by atoms with van der Waals surface area (Å²) in [6.45, 7) is 0.628.